The highest BCUT2D eigenvalue weighted by Gasteiger charge is 2.36. The standard InChI is InChI=1S/C37H38N2O3/c1-40-35-24-30-21-29(20-26-10-12-31(13-11-26)41-19-18-39-16-6-3-7-17-39)36-33-15-14-32(42-25-27-8-4-2-5-9-27)22-28(33)23-34(36)37(30)38-35/h2,4-5,8-15,21-22,24,29H,3,6-7,16-20,23,25H2,1H3. The summed E-state index contributed by atoms with van der Waals surface area (Å²) in [7, 11) is 1.69. The zero-order valence-electron chi connectivity index (χ0n) is 24.4. The van der Waals surface area contributed by atoms with E-state index in [1.54, 1.807) is 7.11 Å². The van der Waals surface area contributed by atoms with Crippen molar-refractivity contribution in [1.29, 1.82) is 0 Å². The van der Waals surface area contributed by atoms with Crippen molar-refractivity contribution >= 4 is 11.3 Å². The maximum atomic E-state index is 6.18. The Labute approximate surface area is 248 Å². The lowest BCUT2D eigenvalue weighted by Crippen LogP contribution is -2.33. The molecule has 2 aliphatic heterocycles. The summed E-state index contributed by atoms with van der Waals surface area (Å²) in [5, 5.41) is 0. The molecule has 214 valence electrons. The number of ether oxygens (including phenoxy) is 3. The Kier molecular flexibility index (Phi) is 7.67. The van der Waals surface area contributed by atoms with E-state index in [9.17, 15) is 0 Å². The minimum Gasteiger partial charge on any atom is -0.492 e. The van der Waals surface area contributed by atoms with E-state index in [4.69, 9.17) is 19.2 Å². The van der Waals surface area contributed by atoms with Gasteiger partial charge in [0.1, 0.15) is 24.7 Å². The van der Waals surface area contributed by atoms with Crippen molar-refractivity contribution in [3.63, 3.8) is 0 Å². The number of benzene rings is 3. The van der Waals surface area contributed by atoms with Crippen LogP contribution < -0.4 is 9.47 Å². The Bertz CT molecular complexity index is 1560. The first-order valence-corrected chi connectivity index (χ1v) is 15.3. The van der Waals surface area contributed by atoms with Crippen molar-refractivity contribution in [2.75, 3.05) is 33.4 Å². The lowest BCUT2D eigenvalue weighted by molar-refractivity contribution is 0.183. The molecule has 5 heteroatoms. The van der Waals surface area contributed by atoms with E-state index in [-0.39, 0.29) is 5.92 Å². The van der Waals surface area contributed by atoms with Crippen LogP contribution in [0.2, 0.25) is 0 Å². The van der Waals surface area contributed by atoms with Crippen LogP contribution in [0.25, 0.3) is 5.57 Å². The molecular formula is C37H38N2O3. The van der Waals surface area contributed by atoms with Gasteiger partial charge in [-0.05, 0) is 90.0 Å². The number of hydrogen-bond donors (Lipinski definition) is 0. The minimum atomic E-state index is 0.254. The molecule has 7 rings (SSSR count). The van der Waals surface area contributed by atoms with Crippen LogP contribution in [0.3, 0.4) is 0 Å². The smallest absolute Gasteiger partial charge is 0.214 e. The molecule has 0 N–H and O–H groups in total. The number of fused-ring (bicyclic) bond motifs is 4. The summed E-state index contributed by atoms with van der Waals surface area (Å²) >= 11 is 0. The second-order valence-corrected chi connectivity index (χ2v) is 11.6. The fraction of sp³-hybridized carbons (Fsp3) is 0.324. The molecular weight excluding hydrogens is 520 g/mol. The molecule has 0 amide bonds. The monoisotopic (exact) mass is 558 g/mol. The molecule has 4 aliphatic rings. The number of piperidine rings is 1. The molecule has 2 heterocycles. The van der Waals surface area contributed by atoms with Crippen molar-refractivity contribution < 1.29 is 14.2 Å². The third-order valence-electron chi connectivity index (χ3n) is 8.83. The number of likely N-dealkylation sites (tertiary alicyclic amines) is 1. The van der Waals surface area contributed by atoms with E-state index in [1.165, 1.54) is 71.3 Å². The predicted octanol–water partition coefficient (Wildman–Crippen LogP) is 7.18. The van der Waals surface area contributed by atoms with E-state index in [2.05, 4.69) is 71.6 Å². The first-order valence-electron chi connectivity index (χ1n) is 15.3. The van der Waals surface area contributed by atoms with Crippen molar-refractivity contribution in [1.82, 2.24) is 4.90 Å². The summed E-state index contributed by atoms with van der Waals surface area (Å²) in [6.07, 6.45) is 10.2. The summed E-state index contributed by atoms with van der Waals surface area (Å²) in [4.78, 5) is 7.36. The van der Waals surface area contributed by atoms with Crippen LogP contribution in [0.5, 0.6) is 11.5 Å². The van der Waals surface area contributed by atoms with Gasteiger partial charge in [0.25, 0.3) is 0 Å². The van der Waals surface area contributed by atoms with Crippen molar-refractivity contribution in [2.45, 2.75) is 38.7 Å². The van der Waals surface area contributed by atoms with Gasteiger partial charge in [-0.3, -0.25) is 4.90 Å². The molecule has 1 unspecified atom stereocenters. The SMILES string of the molecule is COC1=CC2=CC(Cc3ccc(OCCN4CCCCC4)cc3)C3=C(Cc4cc(OCc5ccccc5)ccc43)C2=N1. The normalized spacial score (nSPS) is 19.4. The molecule has 1 atom stereocenters. The highest BCUT2D eigenvalue weighted by Crippen LogP contribution is 2.47. The average Bonchev–Trinajstić information content (AvgIpc) is 3.63. The van der Waals surface area contributed by atoms with Gasteiger partial charge in [-0.1, -0.05) is 61.0 Å². The number of allylic oxidation sites excluding steroid dienone is 5. The third kappa shape index (κ3) is 5.66. The molecule has 0 bridgehead atoms. The zero-order chi connectivity index (χ0) is 28.3. The van der Waals surface area contributed by atoms with E-state index in [0.717, 1.165) is 43.2 Å². The predicted molar refractivity (Wildman–Crippen MR) is 168 cm³/mol. The van der Waals surface area contributed by atoms with Crippen molar-refractivity contribution in [3.05, 3.63) is 124 Å². The molecule has 1 fully saturated rings. The van der Waals surface area contributed by atoms with Gasteiger partial charge in [-0.15, -0.1) is 0 Å². The van der Waals surface area contributed by atoms with Crippen LogP contribution in [-0.4, -0.2) is 44.0 Å². The van der Waals surface area contributed by atoms with Crippen LogP contribution in [0.1, 0.15) is 41.5 Å². The van der Waals surface area contributed by atoms with Gasteiger partial charge in [0.2, 0.25) is 5.88 Å². The number of hydrogen-bond acceptors (Lipinski definition) is 5. The Balaban J connectivity index is 1.07. The quantitative estimate of drug-likeness (QED) is 0.264. The van der Waals surface area contributed by atoms with Crippen LogP contribution in [-0.2, 0) is 24.2 Å². The molecule has 0 spiro atoms. The number of rotatable bonds is 10. The second-order valence-electron chi connectivity index (χ2n) is 11.6. The van der Waals surface area contributed by atoms with Gasteiger partial charge in [-0.2, -0.15) is 0 Å². The summed E-state index contributed by atoms with van der Waals surface area (Å²) in [6, 6.07) is 25.6. The average molecular weight is 559 g/mol. The molecule has 0 radical (unpaired) electrons. The molecule has 0 saturated carbocycles. The van der Waals surface area contributed by atoms with Crippen LogP contribution in [0.4, 0.5) is 0 Å². The highest BCUT2D eigenvalue weighted by atomic mass is 16.5. The van der Waals surface area contributed by atoms with E-state index >= 15 is 0 Å². The number of methoxy groups -OCH3 is 1. The maximum absolute atomic E-state index is 6.18. The van der Waals surface area contributed by atoms with Gasteiger partial charge in [-0.25, -0.2) is 4.99 Å². The number of nitrogens with zero attached hydrogens (tertiary/aromatic N) is 2. The molecule has 2 aliphatic carbocycles. The molecule has 1 saturated heterocycles. The Morgan fingerprint density at radius 3 is 2.48 bits per heavy atom. The topological polar surface area (TPSA) is 43.3 Å². The van der Waals surface area contributed by atoms with Gasteiger partial charge in [0.05, 0.1) is 12.8 Å². The van der Waals surface area contributed by atoms with E-state index in [1.807, 2.05) is 18.2 Å². The Hall–Kier alpha value is -4.09. The summed E-state index contributed by atoms with van der Waals surface area (Å²) < 4.78 is 17.8. The first kappa shape index (κ1) is 26.8. The van der Waals surface area contributed by atoms with Gasteiger partial charge in [0.15, 0.2) is 0 Å². The van der Waals surface area contributed by atoms with Gasteiger partial charge < -0.3 is 14.2 Å². The molecule has 42 heavy (non-hydrogen) atoms. The van der Waals surface area contributed by atoms with Gasteiger partial charge >= 0.3 is 0 Å². The fourth-order valence-corrected chi connectivity index (χ4v) is 6.69. The zero-order valence-corrected chi connectivity index (χ0v) is 24.4. The summed E-state index contributed by atoms with van der Waals surface area (Å²) in [5.41, 5.74) is 10.0. The Morgan fingerprint density at radius 2 is 1.67 bits per heavy atom. The molecule has 5 nitrogen and oxygen atoms in total. The molecule has 3 aromatic rings. The van der Waals surface area contributed by atoms with Crippen LogP contribution >= 0.6 is 0 Å². The molecule has 3 aromatic carbocycles. The van der Waals surface area contributed by atoms with Gasteiger partial charge in [0, 0.05) is 30.5 Å². The first-order chi connectivity index (χ1) is 20.7. The summed E-state index contributed by atoms with van der Waals surface area (Å²) in [6.45, 7) is 4.72. The third-order valence-corrected chi connectivity index (χ3v) is 8.83. The fourth-order valence-electron chi connectivity index (χ4n) is 6.69. The number of aliphatic imine (C=N–C) groups is 1. The lowest BCUT2D eigenvalue weighted by Gasteiger charge is -2.26. The largest absolute Gasteiger partial charge is 0.492 e. The van der Waals surface area contributed by atoms with Crippen LogP contribution in [0, 0.1) is 5.92 Å². The van der Waals surface area contributed by atoms with E-state index in [0.29, 0.717) is 12.5 Å². The van der Waals surface area contributed by atoms with E-state index < -0.39 is 0 Å². The lowest BCUT2D eigenvalue weighted by atomic mass is 9.80. The Morgan fingerprint density at radius 1 is 0.857 bits per heavy atom. The van der Waals surface area contributed by atoms with Crippen molar-refractivity contribution in [2.24, 2.45) is 10.9 Å². The molecule has 0 aromatic heterocycles. The van der Waals surface area contributed by atoms with Crippen molar-refractivity contribution in [3.8, 4) is 11.5 Å². The minimum absolute atomic E-state index is 0.254. The maximum Gasteiger partial charge on any atom is 0.214 e. The summed E-state index contributed by atoms with van der Waals surface area (Å²) in [5.74, 6) is 2.79. The van der Waals surface area contributed by atoms with Crippen LogP contribution in [0.15, 0.2) is 107 Å². The second kappa shape index (κ2) is 12.0. The highest BCUT2D eigenvalue weighted by molar-refractivity contribution is 6.22.